The Morgan fingerprint density at radius 1 is 1.18 bits per heavy atom. The lowest BCUT2D eigenvalue weighted by atomic mass is 10.1. The predicted molar refractivity (Wildman–Crippen MR) is 61.6 cm³/mol. The minimum Gasteiger partial charge on any atom is -0.465 e. The van der Waals surface area contributed by atoms with E-state index in [1.165, 1.54) is 20.3 Å². The molecule has 1 aromatic rings. The zero-order valence-corrected chi connectivity index (χ0v) is 9.60. The maximum absolute atomic E-state index is 11.5. The van der Waals surface area contributed by atoms with Crippen molar-refractivity contribution in [3.05, 3.63) is 41.5 Å². The van der Waals surface area contributed by atoms with Gasteiger partial charge in [0.2, 0.25) is 0 Å². The second kappa shape index (κ2) is 6.44. The molecule has 5 heteroatoms. The lowest BCUT2D eigenvalue weighted by Gasteiger charge is -2.05. The van der Waals surface area contributed by atoms with Gasteiger partial charge in [0, 0.05) is 0 Å². The first kappa shape index (κ1) is 12.9. The summed E-state index contributed by atoms with van der Waals surface area (Å²) in [7, 11) is 2.50. The van der Waals surface area contributed by atoms with Gasteiger partial charge in [0.25, 0.3) is 5.91 Å². The number of methoxy groups -OCH3 is 1. The summed E-state index contributed by atoms with van der Waals surface area (Å²) in [6.45, 7) is 0. The molecule has 0 fully saturated rings. The van der Waals surface area contributed by atoms with E-state index in [2.05, 4.69) is 15.1 Å². The van der Waals surface area contributed by atoms with E-state index in [0.29, 0.717) is 0 Å². The molecule has 0 spiro atoms. The molecule has 1 aromatic carbocycles. The van der Waals surface area contributed by atoms with Gasteiger partial charge in [0.15, 0.2) is 0 Å². The van der Waals surface area contributed by atoms with Gasteiger partial charge in [-0.1, -0.05) is 30.3 Å². The summed E-state index contributed by atoms with van der Waals surface area (Å²) in [5, 5.41) is 0. The quantitative estimate of drug-likeness (QED) is 0.277. The van der Waals surface area contributed by atoms with E-state index in [4.69, 9.17) is 0 Å². The Morgan fingerprint density at radius 3 is 2.35 bits per heavy atom. The van der Waals surface area contributed by atoms with E-state index in [1.54, 1.807) is 24.3 Å². The first-order valence-corrected chi connectivity index (χ1v) is 4.87. The third-order valence-corrected chi connectivity index (χ3v) is 1.96. The molecule has 0 aliphatic heterocycles. The smallest absolute Gasteiger partial charge is 0.343 e. The zero-order chi connectivity index (χ0) is 12.7. The number of carbonyl (C=O) groups is 2. The van der Waals surface area contributed by atoms with Crippen molar-refractivity contribution in [1.82, 2.24) is 5.48 Å². The van der Waals surface area contributed by atoms with Crippen molar-refractivity contribution in [2.45, 2.75) is 0 Å². The SMILES string of the molecule is CONC(=O)/C(=C/c1ccccc1)C(=O)OC. The number of ether oxygens (including phenoxy) is 1. The topological polar surface area (TPSA) is 64.6 Å². The lowest BCUT2D eigenvalue weighted by Crippen LogP contribution is -2.28. The Hall–Kier alpha value is -2.14. The summed E-state index contributed by atoms with van der Waals surface area (Å²) in [6, 6.07) is 8.97. The molecule has 17 heavy (non-hydrogen) atoms. The number of amides is 1. The van der Waals surface area contributed by atoms with Crippen LogP contribution in [0.4, 0.5) is 0 Å². The standard InChI is InChI=1S/C12H13NO4/c1-16-12(15)10(11(14)13-17-2)8-9-6-4-3-5-7-9/h3-8H,1-2H3,(H,13,14)/b10-8-. The Balaban J connectivity index is 3.02. The molecule has 5 nitrogen and oxygen atoms in total. The average Bonchev–Trinajstić information content (AvgIpc) is 2.36. The second-order valence-electron chi connectivity index (χ2n) is 3.10. The molecule has 0 radical (unpaired) electrons. The highest BCUT2D eigenvalue weighted by Crippen LogP contribution is 2.08. The fourth-order valence-corrected chi connectivity index (χ4v) is 1.19. The van der Waals surface area contributed by atoms with Crippen molar-refractivity contribution in [2.75, 3.05) is 14.2 Å². The van der Waals surface area contributed by atoms with Crippen LogP contribution in [0.25, 0.3) is 6.08 Å². The number of nitrogens with one attached hydrogen (secondary N) is 1. The van der Waals surface area contributed by atoms with E-state index < -0.39 is 11.9 Å². The molecule has 0 saturated heterocycles. The summed E-state index contributed by atoms with van der Waals surface area (Å²) >= 11 is 0. The molecule has 0 aliphatic carbocycles. The van der Waals surface area contributed by atoms with Gasteiger partial charge in [-0.25, -0.2) is 10.3 Å². The minimum atomic E-state index is -0.719. The first-order valence-electron chi connectivity index (χ1n) is 4.87. The summed E-state index contributed by atoms with van der Waals surface area (Å²) < 4.78 is 4.53. The molecule has 0 aliphatic rings. The Kier molecular flexibility index (Phi) is 4.90. The van der Waals surface area contributed by atoms with Gasteiger partial charge < -0.3 is 4.74 Å². The lowest BCUT2D eigenvalue weighted by molar-refractivity contribution is -0.140. The maximum atomic E-state index is 11.5. The number of hydrogen-bond acceptors (Lipinski definition) is 4. The van der Waals surface area contributed by atoms with Crippen molar-refractivity contribution in [3.8, 4) is 0 Å². The summed E-state index contributed by atoms with van der Waals surface area (Å²) in [5.74, 6) is -1.37. The van der Waals surface area contributed by atoms with E-state index in [1.807, 2.05) is 6.07 Å². The van der Waals surface area contributed by atoms with Crippen molar-refractivity contribution < 1.29 is 19.2 Å². The van der Waals surface area contributed by atoms with Crippen LogP contribution in [0.2, 0.25) is 0 Å². The molecular weight excluding hydrogens is 222 g/mol. The van der Waals surface area contributed by atoms with Crippen LogP contribution in [0.15, 0.2) is 35.9 Å². The van der Waals surface area contributed by atoms with Crippen LogP contribution in [-0.4, -0.2) is 26.1 Å². The van der Waals surface area contributed by atoms with Crippen molar-refractivity contribution in [1.29, 1.82) is 0 Å². The molecule has 0 unspecified atom stereocenters. The van der Waals surface area contributed by atoms with Gasteiger partial charge in [-0.2, -0.15) is 0 Å². The molecule has 1 rings (SSSR count). The van der Waals surface area contributed by atoms with E-state index >= 15 is 0 Å². The Morgan fingerprint density at radius 2 is 1.82 bits per heavy atom. The molecule has 0 bridgehead atoms. The molecule has 0 saturated carbocycles. The number of benzene rings is 1. The van der Waals surface area contributed by atoms with Crippen LogP contribution >= 0.6 is 0 Å². The zero-order valence-electron chi connectivity index (χ0n) is 9.60. The molecule has 0 atom stereocenters. The number of rotatable bonds is 4. The van der Waals surface area contributed by atoms with Crippen LogP contribution < -0.4 is 5.48 Å². The van der Waals surface area contributed by atoms with Crippen molar-refractivity contribution in [2.24, 2.45) is 0 Å². The third kappa shape index (κ3) is 3.73. The Bertz CT molecular complexity index is 425. The number of carbonyl (C=O) groups excluding carboxylic acids is 2. The fourth-order valence-electron chi connectivity index (χ4n) is 1.19. The van der Waals surface area contributed by atoms with E-state index in [-0.39, 0.29) is 5.57 Å². The highest BCUT2D eigenvalue weighted by Gasteiger charge is 2.18. The van der Waals surface area contributed by atoms with Crippen LogP contribution in [0.1, 0.15) is 5.56 Å². The normalized spacial score (nSPS) is 10.8. The molecule has 0 aromatic heterocycles. The molecular formula is C12H13NO4. The van der Waals surface area contributed by atoms with Crippen LogP contribution in [0.3, 0.4) is 0 Å². The van der Waals surface area contributed by atoms with Crippen LogP contribution in [0, 0.1) is 0 Å². The number of hydrogen-bond donors (Lipinski definition) is 1. The van der Waals surface area contributed by atoms with Crippen LogP contribution in [0.5, 0.6) is 0 Å². The Labute approximate surface area is 99.0 Å². The van der Waals surface area contributed by atoms with Crippen LogP contribution in [-0.2, 0) is 19.2 Å². The third-order valence-electron chi connectivity index (χ3n) is 1.96. The number of hydroxylamine groups is 1. The van der Waals surface area contributed by atoms with E-state index in [9.17, 15) is 9.59 Å². The largest absolute Gasteiger partial charge is 0.465 e. The monoisotopic (exact) mass is 235 g/mol. The summed E-state index contributed by atoms with van der Waals surface area (Å²) in [4.78, 5) is 27.4. The van der Waals surface area contributed by atoms with Gasteiger partial charge in [-0.3, -0.25) is 9.63 Å². The van der Waals surface area contributed by atoms with Gasteiger partial charge in [0.1, 0.15) is 5.57 Å². The molecule has 1 N–H and O–H groups in total. The fraction of sp³-hybridized carbons (Fsp3) is 0.167. The van der Waals surface area contributed by atoms with Gasteiger partial charge >= 0.3 is 5.97 Å². The summed E-state index contributed by atoms with van der Waals surface area (Å²) in [5.41, 5.74) is 2.67. The number of esters is 1. The van der Waals surface area contributed by atoms with Gasteiger partial charge in [-0.05, 0) is 11.6 Å². The van der Waals surface area contributed by atoms with E-state index in [0.717, 1.165) is 5.56 Å². The average molecular weight is 235 g/mol. The van der Waals surface area contributed by atoms with Crippen molar-refractivity contribution in [3.63, 3.8) is 0 Å². The highest BCUT2D eigenvalue weighted by atomic mass is 16.6. The summed E-state index contributed by atoms with van der Waals surface area (Å²) in [6.07, 6.45) is 1.43. The van der Waals surface area contributed by atoms with Crippen molar-refractivity contribution >= 4 is 18.0 Å². The highest BCUT2D eigenvalue weighted by molar-refractivity contribution is 6.19. The molecule has 1 amide bonds. The maximum Gasteiger partial charge on any atom is 0.343 e. The predicted octanol–water partition coefficient (Wildman–Crippen LogP) is 0.921. The van der Waals surface area contributed by atoms with Gasteiger partial charge in [-0.15, -0.1) is 0 Å². The molecule has 0 heterocycles. The molecule has 90 valence electrons. The first-order chi connectivity index (χ1) is 8.19. The minimum absolute atomic E-state index is 0.124. The van der Waals surface area contributed by atoms with Gasteiger partial charge in [0.05, 0.1) is 14.2 Å². The second-order valence-corrected chi connectivity index (χ2v) is 3.10.